The van der Waals surface area contributed by atoms with Gasteiger partial charge in [-0.25, -0.2) is 0 Å². The third-order valence-electron chi connectivity index (χ3n) is 3.13. The van der Waals surface area contributed by atoms with Gasteiger partial charge >= 0.3 is 5.97 Å². The van der Waals surface area contributed by atoms with E-state index in [1.54, 1.807) is 6.92 Å². The van der Waals surface area contributed by atoms with Crippen LogP contribution in [0.3, 0.4) is 0 Å². The fourth-order valence-corrected chi connectivity index (χ4v) is 2.03. The van der Waals surface area contributed by atoms with Gasteiger partial charge < -0.3 is 4.74 Å². The maximum absolute atomic E-state index is 11.8. The summed E-state index contributed by atoms with van der Waals surface area (Å²) < 4.78 is 4.60. The van der Waals surface area contributed by atoms with Crippen molar-refractivity contribution >= 4 is 17.5 Å². The average Bonchev–Trinajstić information content (AvgIpc) is 2.24. The van der Waals surface area contributed by atoms with Gasteiger partial charge in [0.25, 0.3) is 0 Å². The van der Waals surface area contributed by atoms with Gasteiger partial charge in [-0.15, -0.1) is 0 Å². The molecule has 1 saturated carbocycles. The highest BCUT2D eigenvalue weighted by Gasteiger charge is 2.44. The highest BCUT2D eigenvalue weighted by atomic mass is 16.5. The first-order valence-electron chi connectivity index (χ1n) is 5.17. The van der Waals surface area contributed by atoms with Crippen molar-refractivity contribution in [2.75, 3.05) is 7.11 Å². The molecule has 0 heterocycles. The average molecular weight is 212 g/mol. The van der Waals surface area contributed by atoms with Crippen molar-refractivity contribution < 1.29 is 19.1 Å². The summed E-state index contributed by atoms with van der Waals surface area (Å²) in [5, 5.41) is 0. The van der Waals surface area contributed by atoms with Crippen LogP contribution in [0.25, 0.3) is 0 Å². The third-order valence-corrected chi connectivity index (χ3v) is 3.13. The van der Waals surface area contributed by atoms with Gasteiger partial charge in [0.15, 0.2) is 5.78 Å². The summed E-state index contributed by atoms with van der Waals surface area (Å²) in [7, 11) is 1.27. The van der Waals surface area contributed by atoms with Crippen molar-refractivity contribution in [2.45, 2.75) is 26.7 Å². The Labute approximate surface area is 89.0 Å². The molecule has 0 aromatic carbocycles. The molecule has 0 radical (unpaired) electrons. The number of carbonyl (C=O) groups excluding carboxylic acids is 3. The van der Waals surface area contributed by atoms with Crippen LogP contribution in [0.15, 0.2) is 0 Å². The van der Waals surface area contributed by atoms with Crippen LogP contribution in [0.1, 0.15) is 26.7 Å². The quantitative estimate of drug-likeness (QED) is 0.505. The van der Waals surface area contributed by atoms with Gasteiger partial charge in [0.05, 0.1) is 13.0 Å². The van der Waals surface area contributed by atoms with Crippen molar-refractivity contribution in [3.05, 3.63) is 0 Å². The number of carbonyl (C=O) groups is 3. The second kappa shape index (κ2) is 4.55. The van der Waals surface area contributed by atoms with Crippen LogP contribution >= 0.6 is 0 Å². The van der Waals surface area contributed by atoms with Crippen LogP contribution < -0.4 is 0 Å². The predicted octanol–water partition coefficient (Wildman–Crippen LogP) is 0.980. The van der Waals surface area contributed by atoms with Crippen LogP contribution in [-0.2, 0) is 19.1 Å². The summed E-state index contributed by atoms with van der Waals surface area (Å²) in [6, 6.07) is 0. The van der Waals surface area contributed by atoms with E-state index in [1.165, 1.54) is 7.11 Å². The zero-order valence-corrected chi connectivity index (χ0v) is 9.28. The van der Waals surface area contributed by atoms with Crippen molar-refractivity contribution in [1.29, 1.82) is 0 Å². The standard InChI is InChI=1S/C11H16O4/c1-4-7-5-8(12)6(2)10(13)9(7)11(14)15-3/h6-7,9H,4-5H2,1-3H3. The Bertz CT molecular complexity index is 295. The highest BCUT2D eigenvalue weighted by molar-refractivity contribution is 6.12. The van der Waals surface area contributed by atoms with E-state index in [2.05, 4.69) is 4.74 Å². The van der Waals surface area contributed by atoms with E-state index in [-0.39, 0.29) is 17.5 Å². The Morgan fingerprint density at radius 1 is 1.47 bits per heavy atom. The molecule has 1 rings (SSSR count). The number of methoxy groups -OCH3 is 1. The SMILES string of the molecule is CCC1CC(=O)C(C)C(=O)C1C(=O)OC. The summed E-state index contributed by atoms with van der Waals surface area (Å²) in [6.07, 6.45) is 0.952. The molecule has 0 bridgehead atoms. The maximum Gasteiger partial charge on any atom is 0.316 e. The molecular weight excluding hydrogens is 196 g/mol. The molecule has 15 heavy (non-hydrogen) atoms. The van der Waals surface area contributed by atoms with Crippen molar-refractivity contribution in [3.63, 3.8) is 0 Å². The lowest BCUT2D eigenvalue weighted by molar-refractivity contribution is -0.156. The molecule has 1 fully saturated rings. The number of rotatable bonds is 2. The van der Waals surface area contributed by atoms with Crippen molar-refractivity contribution in [3.8, 4) is 0 Å². The second-order valence-electron chi connectivity index (χ2n) is 3.96. The van der Waals surface area contributed by atoms with E-state index in [0.29, 0.717) is 12.8 Å². The van der Waals surface area contributed by atoms with Gasteiger partial charge in [0.1, 0.15) is 11.7 Å². The van der Waals surface area contributed by atoms with Crippen LogP contribution in [-0.4, -0.2) is 24.6 Å². The molecule has 0 aromatic heterocycles. The number of Topliss-reactive ketones (excluding diaryl/α,β-unsaturated/α-hetero) is 2. The predicted molar refractivity (Wildman–Crippen MR) is 53.1 cm³/mol. The minimum absolute atomic E-state index is 0.0630. The molecular formula is C11H16O4. The number of esters is 1. The number of ketones is 2. The topological polar surface area (TPSA) is 60.4 Å². The summed E-state index contributed by atoms with van der Waals surface area (Å²) >= 11 is 0. The number of hydrogen-bond acceptors (Lipinski definition) is 4. The number of hydrogen-bond donors (Lipinski definition) is 0. The van der Waals surface area contributed by atoms with Gasteiger partial charge in [-0.3, -0.25) is 14.4 Å². The van der Waals surface area contributed by atoms with E-state index in [9.17, 15) is 14.4 Å². The van der Waals surface area contributed by atoms with Crippen LogP contribution in [0.5, 0.6) is 0 Å². The van der Waals surface area contributed by atoms with Crippen LogP contribution in [0.4, 0.5) is 0 Å². The summed E-state index contributed by atoms with van der Waals surface area (Å²) in [4.78, 5) is 34.7. The van der Waals surface area contributed by atoms with Gasteiger partial charge in [0, 0.05) is 6.42 Å². The van der Waals surface area contributed by atoms with Gasteiger partial charge in [-0.2, -0.15) is 0 Å². The van der Waals surface area contributed by atoms with Crippen molar-refractivity contribution in [2.24, 2.45) is 17.8 Å². The molecule has 3 atom stereocenters. The largest absolute Gasteiger partial charge is 0.468 e. The zero-order valence-electron chi connectivity index (χ0n) is 9.28. The molecule has 1 aliphatic rings. The highest BCUT2D eigenvalue weighted by Crippen LogP contribution is 2.31. The summed E-state index contributed by atoms with van der Waals surface area (Å²) in [5.74, 6) is -2.44. The molecule has 4 nitrogen and oxygen atoms in total. The molecule has 0 spiro atoms. The Balaban J connectivity index is 2.94. The first kappa shape index (κ1) is 11.9. The first-order chi connectivity index (χ1) is 7.02. The monoisotopic (exact) mass is 212 g/mol. The molecule has 0 N–H and O–H groups in total. The summed E-state index contributed by atoms with van der Waals surface area (Å²) in [5.41, 5.74) is 0. The molecule has 0 amide bonds. The van der Waals surface area contributed by atoms with Crippen LogP contribution in [0, 0.1) is 17.8 Å². The molecule has 0 aromatic rings. The molecule has 1 aliphatic carbocycles. The fraction of sp³-hybridized carbons (Fsp3) is 0.727. The van der Waals surface area contributed by atoms with E-state index in [1.807, 2.05) is 6.92 Å². The third kappa shape index (κ3) is 2.08. The normalized spacial score (nSPS) is 31.5. The lowest BCUT2D eigenvalue weighted by Gasteiger charge is -2.30. The van der Waals surface area contributed by atoms with Crippen LogP contribution in [0.2, 0.25) is 0 Å². The Hall–Kier alpha value is -1.19. The zero-order chi connectivity index (χ0) is 11.6. The first-order valence-corrected chi connectivity index (χ1v) is 5.17. The van der Waals surface area contributed by atoms with E-state index in [4.69, 9.17) is 0 Å². The minimum atomic E-state index is -0.743. The maximum atomic E-state index is 11.8. The van der Waals surface area contributed by atoms with Gasteiger partial charge in [-0.05, 0) is 12.8 Å². The molecule has 0 aliphatic heterocycles. The molecule has 4 heteroatoms. The second-order valence-corrected chi connectivity index (χ2v) is 3.96. The van der Waals surface area contributed by atoms with E-state index >= 15 is 0 Å². The Kier molecular flexibility index (Phi) is 3.61. The van der Waals surface area contributed by atoms with Crippen molar-refractivity contribution in [1.82, 2.24) is 0 Å². The summed E-state index contributed by atoms with van der Waals surface area (Å²) in [6.45, 7) is 3.43. The Morgan fingerprint density at radius 2 is 2.07 bits per heavy atom. The fourth-order valence-electron chi connectivity index (χ4n) is 2.03. The number of ether oxygens (including phenoxy) is 1. The molecule has 0 saturated heterocycles. The Morgan fingerprint density at radius 3 is 2.53 bits per heavy atom. The molecule has 84 valence electrons. The lowest BCUT2D eigenvalue weighted by Crippen LogP contribution is -2.44. The van der Waals surface area contributed by atoms with Gasteiger partial charge in [-0.1, -0.05) is 13.3 Å². The van der Waals surface area contributed by atoms with Gasteiger partial charge in [0.2, 0.25) is 0 Å². The lowest BCUT2D eigenvalue weighted by atomic mass is 9.72. The van der Waals surface area contributed by atoms with E-state index in [0.717, 1.165) is 0 Å². The smallest absolute Gasteiger partial charge is 0.316 e. The minimum Gasteiger partial charge on any atom is -0.468 e. The van der Waals surface area contributed by atoms with E-state index < -0.39 is 17.8 Å². The molecule has 3 unspecified atom stereocenters.